The van der Waals surface area contributed by atoms with Gasteiger partial charge in [0.2, 0.25) is 5.96 Å². The number of aliphatic imine (C=N–C) groups is 1. The van der Waals surface area contributed by atoms with E-state index in [0.717, 1.165) is 17.4 Å². The SMILES string of the molecule is CN1C(NC(=O)OC(C)(C)C)=N[C@](C)(c2nc(N)ccc2F)C[S@@]1(=O)=NCC(F)(F)F. The molecule has 3 N–H and O–H groups in total. The molecule has 1 aromatic heterocycles. The smallest absolute Gasteiger partial charge is 0.414 e. The van der Waals surface area contributed by atoms with Gasteiger partial charge in [-0.2, -0.15) is 13.2 Å². The summed E-state index contributed by atoms with van der Waals surface area (Å²) in [7, 11) is -2.68. The number of amides is 1. The van der Waals surface area contributed by atoms with E-state index in [0.29, 0.717) is 0 Å². The van der Waals surface area contributed by atoms with Gasteiger partial charge in [-0.15, -0.1) is 0 Å². The van der Waals surface area contributed by atoms with Crippen molar-refractivity contribution in [2.45, 2.75) is 45.0 Å². The predicted molar refractivity (Wildman–Crippen MR) is 107 cm³/mol. The number of nitrogens with two attached hydrogens (primary N) is 1. The fourth-order valence-electron chi connectivity index (χ4n) is 2.70. The van der Waals surface area contributed by atoms with Gasteiger partial charge in [0.05, 0.1) is 5.75 Å². The molecule has 1 amide bonds. The highest BCUT2D eigenvalue weighted by molar-refractivity contribution is 7.92. The molecule has 0 saturated carbocycles. The minimum Gasteiger partial charge on any atom is -0.444 e. The molecule has 0 unspecified atom stereocenters. The van der Waals surface area contributed by atoms with Crippen LogP contribution in [0.2, 0.25) is 0 Å². The Bertz CT molecular complexity index is 1010. The lowest BCUT2D eigenvalue weighted by Crippen LogP contribution is -2.54. The first kappa shape index (κ1) is 24.6. The van der Waals surface area contributed by atoms with E-state index in [1.54, 1.807) is 20.8 Å². The van der Waals surface area contributed by atoms with Crippen molar-refractivity contribution in [2.75, 3.05) is 25.1 Å². The number of hydrogen-bond acceptors (Lipinski definition) is 7. The summed E-state index contributed by atoms with van der Waals surface area (Å²) in [4.78, 5) is 20.3. The van der Waals surface area contributed by atoms with Gasteiger partial charge < -0.3 is 10.5 Å². The molecule has 0 aromatic carbocycles. The molecule has 0 aliphatic carbocycles. The van der Waals surface area contributed by atoms with Gasteiger partial charge in [-0.05, 0) is 39.8 Å². The van der Waals surface area contributed by atoms with Gasteiger partial charge in [0.25, 0.3) is 0 Å². The summed E-state index contributed by atoms with van der Waals surface area (Å²) in [6.45, 7) is 4.38. The number of ether oxygens (including phenoxy) is 1. The molecule has 14 heteroatoms. The number of anilines is 1. The number of carbonyl (C=O) groups is 1. The number of nitrogens with zero attached hydrogens (tertiary/aromatic N) is 4. The van der Waals surface area contributed by atoms with Gasteiger partial charge in [-0.3, -0.25) is 9.62 Å². The van der Waals surface area contributed by atoms with Crippen LogP contribution >= 0.6 is 0 Å². The Morgan fingerprint density at radius 3 is 2.55 bits per heavy atom. The number of nitrogens with one attached hydrogen (secondary N) is 1. The van der Waals surface area contributed by atoms with Crippen LogP contribution in [0.4, 0.5) is 28.2 Å². The Kier molecular flexibility index (Phi) is 6.46. The summed E-state index contributed by atoms with van der Waals surface area (Å²) in [6.07, 6.45) is -5.73. The molecule has 1 aliphatic heterocycles. The fraction of sp³-hybridized carbons (Fsp3) is 0.588. The van der Waals surface area contributed by atoms with Crippen molar-refractivity contribution >= 4 is 27.8 Å². The van der Waals surface area contributed by atoms with E-state index in [2.05, 4.69) is 19.7 Å². The van der Waals surface area contributed by atoms with Gasteiger partial charge in [0, 0.05) is 7.05 Å². The normalized spacial score (nSPS) is 24.4. The first-order valence-corrected chi connectivity index (χ1v) is 10.6. The predicted octanol–water partition coefficient (Wildman–Crippen LogP) is 2.79. The maximum absolute atomic E-state index is 14.5. The van der Waals surface area contributed by atoms with Gasteiger partial charge >= 0.3 is 12.3 Å². The van der Waals surface area contributed by atoms with Crippen LogP contribution in [0, 0.1) is 5.82 Å². The lowest BCUT2D eigenvalue weighted by molar-refractivity contribution is -0.117. The summed E-state index contributed by atoms with van der Waals surface area (Å²) in [5, 5.41) is 2.25. The van der Waals surface area contributed by atoms with E-state index in [1.807, 2.05) is 0 Å². The second kappa shape index (κ2) is 8.13. The van der Waals surface area contributed by atoms with Crippen LogP contribution in [0.5, 0.6) is 0 Å². The summed E-state index contributed by atoms with van der Waals surface area (Å²) < 4.78 is 75.6. The van der Waals surface area contributed by atoms with Gasteiger partial charge in [-0.25, -0.2) is 27.7 Å². The lowest BCUT2D eigenvalue weighted by atomic mass is 10.00. The Hall–Kier alpha value is -2.64. The van der Waals surface area contributed by atoms with Crippen molar-refractivity contribution in [3.05, 3.63) is 23.6 Å². The molecule has 174 valence electrons. The maximum Gasteiger partial charge on any atom is 0.414 e. The minimum absolute atomic E-state index is 0.0767. The minimum atomic E-state index is -4.73. The van der Waals surface area contributed by atoms with Gasteiger partial charge in [0.1, 0.15) is 44.9 Å². The Morgan fingerprint density at radius 1 is 1.39 bits per heavy atom. The van der Waals surface area contributed by atoms with E-state index in [1.165, 1.54) is 13.0 Å². The third kappa shape index (κ3) is 6.18. The molecule has 31 heavy (non-hydrogen) atoms. The third-order valence-corrected chi connectivity index (χ3v) is 6.48. The topological polar surface area (TPSA) is 122 Å². The second-order valence-corrected chi connectivity index (χ2v) is 10.4. The van der Waals surface area contributed by atoms with Crippen LogP contribution in [0.3, 0.4) is 0 Å². The largest absolute Gasteiger partial charge is 0.444 e. The highest BCUT2D eigenvalue weighted by Crippen LogP contribution is 2.34. The molecule has 0 spiro atoms. The van der Waals surface area contributed by atoms with Crippen molar-refractivity contribution in [2.24, 2.45) is 9.36 Å². The van der Waals surface area contributed by atoms with Crippen molar-refractivity contribution in [1.29, 1.82) is 0 Å². The monoisotopic (exact) mass is 468 g/mol. The summed E-state index contributed by atoms with van der Waals surface area (Å²) in [5.41, 5.74) is 2.62. The fourth-order valence-corrected chi connectivity index (χ4v) is 4.80. The number of alkyl carbamates (subject to hydrolysis) is 1. The van der Waals surface area contributed by atoms with Gasteiger partial charge in [-0.1, -0.05) is 0 Å². The average molecular weight is 468 g/mol. The van der Waals surface area contributed by atoms with Gasteiger partial charge in [0.15, 0.2) is 0 Å². The quantitative estimate of drug-likeness (QED) is 0.647. The first-order chi connectivity index (χ1) is 13.9. The second-order valence-electron chi connectivity index (χ2n) is 8.05. The summed E-state index contributed by atoms with van der Waals surface area (Å²) in [5.74, 6) is -1.98. The number of carbonyl (C=O) groups excluding carboxylic acids is 1. The van der Waals surface area contributed by atoms with Crippen LogP contribution in [-0.2, 0) is 20.2 Å². The molecule has 2 heterocycles. The van der Waals surface area contributed by atoms with Crippen LogP contribution in [0.15, 0.2) is 21.5 Å². The standard InChI is InChI=1S/C17H24F4N6O3S/c1-15(2,3)30-14(28)25-13-26-16(4,12-10(18)6-7-11(22)24-12)9-31(29,27(13)5)23-8-17(19,20)21/h6-7H,8-9H2,1-5H3,(H2,22,24)(H,25,26,28)/t16-,31+/m0/s1. The molecule has 2 rings (SSSR count). The van der Waals surface area contributed by atoms with E-state index in [9.17, 15) is 26.6 Å². The number of halogens is 4. The molecular formula is C17H24F4N6O3S. The number of aromatic nitrogens is 1. The van der Waals surface area contributed by atoms with E-state index in [4.69, 9.17) is 10.5 Å². The summed E-state index contributed by atoms with van der Waals surface area (Å²) >= 11 is 0. The number of pyridine rings is 1. The molecule has 0 radical (unpaired) electrons. The lowest BCUT2D eigenvalue weighted by Gasteiger charge is -2.38. The molecule has 0 fully saturated rings. The van der Waals surface area contributed by atoms with Crippen molar-refractivity contribution in [3.8, 4) is 0 Å². The maximum atomic E-state index is 14.5. The summed E-state index contributed by atoms with van der Waals surface area (Å²) in [6, 6.07) is 2.19. The van der Waals surface area contributed by atoms with E-state index in [-0.39, 0.29) is 11.5 Å². The zero-order chi connectivity index (χ0) is 23.8. The molecule has 1 aromatic rings. The number of guanidine groups is 1. The highest BCUT2D eigenvalue weighted by Gasteiger charge is 2.44. The Morgan fingerprint density at radius 2 is 2.00 bits per heavy atom. The van der Waals surface area contributed by atoms with Crippen LogP contribution in [0.25, 0.3) is 0 Å². The zero-order valence-electron chi connectivity index (χ0n) is 17.6. The third-order valence-electron chi connectivity index (χ3n) is 3.98. The van der Waals surface area contributed by atoms with E-state index < -0.39 is 57.4 Å². The van der Waals surface area contributed by atoms with E-state index >= 15 is 0 Å². The molecule has 0 bridgehead atoms. The highest BCUT2D eigenvalue weighted by atomic mass is 32.2. The number of nitrogen functional groups attached to an aromatic ring is 1. The van der Waals surface area contributed by atoms with Crippen LogP contribution in [0.1, 0.15) is 33.4 Å². The number of rotatable bonds is 2. The Labute approximate surface area is 177 Å². The van der Waals surface area contributed by atoms with Crippen molar-refractivity contribution in [1.82, 2.24) is 14.6 Å². The van der Waals surface area contributed by atoms with Crippen molar-refractivity contribution in [3.63, 3.8) is 0 Å². The molecule has 1 aliphatic rings. The van der Waals surface area contributed by atoms with Crippen molar-refractivity contribution < 1.29 is 31.3 Å². The molecule has 0 saturated heterocycles. The molecular weight excluding hydrogens is 444 g/mol. The van der Waals surface area contributed by atoms with Crippen LogP contribution < -0.4 is 11.1 Å². The zero-order valence-corrected chi connectivity index (χ0v) is 18.4. The average Bonchev–Trinajstić information content (AvgIpc) is 2.57. The first-order valence-electron chi connectivity index (χ1n) is 8.98. The number of hydrogen-bond donors (Lipinski definition) is 2. The molecule has 2 atom stereocenters. The Balaban J connectivity index is 2.61. The number of alkyl halides is 3. The van der Waals surface area contributed by atoms with Crippen LogP contribution in [-0.4, -0.2) is 56.7 Å². The molecule has 9 nitrogen and oxygen atoms in total.